The lowest BCUT2D eigenvalue weighted by Gasteiger charge is -2.21. The third-order valence-corrected chi connectivity index (χ3v) is 3.49. The van der Waals surface area contributed by atoms with E-state index in [4.69, 9.17) is 0 Å². The van der Waals surface area contributed by atoms with Crippen molar-refractivity contribution in [3.8, 4) is 0 Å². The Labute approximate surface area is 114 Å². The molecule has 0 fully saturated rings. The standard InChI is InChI=1S/C14H22N2OS/c1-3-9-16(10-4-2)14(17)12-18-11-13-7-5-6-8-15-13/h5-8H,3-4,9-12H2,1-2H3. The van der Waals surface area contributed by atoms with Crippen molar-refractivity contribution in [2.75, 3.05) is 18.8 Å². The molecule has 0 aliphatic heterocycles. The first kappa shape index (κ1) is 15.0. The SMILES string of the molecule is CCCN(CCC)C(=O)CSCc1ccccn1. The van der Waals surface area contributed by atoms with E-state index in [9.17, 15) is 4.79 Å². The monoisotopic (exact) mass is 266 g/mol. The molecular weight excluding hydrogens is 244 g/mol. The van der Waals surface area contributed by atoms with Crippen LogP contribution in [0.2, 0.25) is 0 Å². The van der Waals surface area contributed by atoms with E-state index >= 15 is 0 Å². The second-order valence-corrected chi connectivity index (χ2v) is 5.18. The molecule has 0 aliphatic carbocycles. The van der Waals surface area contributed by atoms with E-state index in [2.05, 4.69) is 18.8 Å². The average Bonchev–Trinajstić information content (AvgIpc) is 2.39. The molecule has 1 heterocycles. The predicted octanol–water partition coefficient (Wildman–Crippen LogP) is 2.96. The lowest BCUT2D eigenvalue weighted by molar-refractivity contribution is -0.128. The van der Waals surface area contributed by atoms with Gasteiger partial charge in [0, 0.05) is 25.0 Å². The summed E-state index contributed by atoms with van der Waals surface area (Å²) in [4.78, 5) is 18.2. The summed E-state index contributed by atoms with van der Waals surface area (Å²) in [6, 6.07) is 5.88. The molecule has 4 heteroatoms. The van der Waals surface area contributed by atoms with E-state index in [1.165, 1.54) is 0 Å². The summed E-state index contributed by atoms with van der Waals surface area (Å²) in [5.41, 5.74) is 1.04. The summed E-state index contributed by atoms with van der Waals surface area (Å²) in [5, 5.41) is 0. The summed E-state index contributed by atoms with van der Waals surface area (Å²) in [7, 11) is 0. The molecule has 0 saturated carbocycles. The largest absolute Gasteiger partial charge is 0.342 e. The van der Waals surface area contributed by atoms with Crippen molar-refractivity contribution >= 4 is 17.7 Å². The van der Waals surface area contributed by atoms with Gasteiger partial charge < -0.3 is 4.90 Å². The molecule has 18 heavy (non-hydrogen) atoms. The fourth-order valence-electron chi connectivity index (χ4n) is 1.72. The minimum Gasteiger partial charge on any atom is -0.342 e. The van der Waals surface area contributed by atoms with Gasteiger partial charge in [0.25, 0.3) is 0 Å². The quantitative estimate of drug-likeness (QED) is 0.725. The van der Waals surface area contributed by atoms with Crippen molar-refractivity contribution < 1.29 is 4.79 Å². The molecule has 1 amide bonds. The molecule has 0 N–H and O–H groups in total. The van der Waals surface area contributed by atoms with Crippen molar-refractivity contribution in [2.24, 2.45) is 0 Å². The third kappa shape index (κ3) is 5.54. The first-order valence-corrected chi connectivity index (χ1v) is 7.68. The molecule has 1 rings (SSSR count). The minimum atomic E-state index is 0.250. The highest BCUT2D eigenvalue weighted by Gasteiger charge is 2.11. The van der Waals surface area contributed by atoms with E-state index in [1.807, 2.05) is 23.1 Å². The van der Waals surface area contributed by atoms with Crippen LogP contribution in [0.15, 0.2) is 24.4 Å². The smallest absolute Gasteiger partial charge is 0.232 e. The second kappa shape index (κ2) is 8.97. The Morgan fingerprint density at radius 3 is 2.56 bits per heavy atom. The Morgan fingerprint density at radius 1 is 1.28 bits per heavy atom. The summed E-state index contributed by atoms with van der Waals surface area (Å²) in [6.07, 6.45) is 3.84. The van der Waals surface area contributed by atoms with E-state index in [-0.39, 0.29) is 5.91 Å². The van der Waals surface area contributed by atoms with Crippen molar-refractivity contribution in [3.05, 3.63) is 30.1 Å². The summed E-state index contributed by atoms with van der Waals surface area (Å²) in [5.74, 6) is 1.61. The fourth-order valence-corrected chi connectivity index (χ4v) is 2.56. The van der Waals surface area contributed by atoms with Gasteiger partial charge in [-0.2, -0.15) is 0 Å². The topological polar surface area (TPSA) is 33.2 Å². The van der Waals surface area contributed by atoms with Crippen LogP contribution in [0.25, 0.3) is 0 Å². The van der Waals surface area contributed by atoms with Crippen LogP contribution in [-0.4, -0.2) is 34.6 Å². The van der Waals surface area contributed by atoms with E-state index in [1.54, 1.807) is 18.0 Å². The number of carbonyl (C=O) groups is 1. The molecule has 0 aliphatic rings. The van der Waals surface area contributed by atoms with Crippen LogP contribution in [0.1, 0.15) is 32.4 Å². The molecule has 0 atom stereocenters. The lowest BCUT2D eigenvalue weighted by Crippen LogP contribution is -2.33. The molecule has 1 aromatic heterocycles. The van der Waals surface area contributed by atoms with Gasteiger partial charge in [0.2, 0.25) is 5.91 Å². The van der Waals surface area contributed by atoms with Crippen LogP contribution in [0.3, 0.4) is 0 Å². The molecular formula is C14H22N2OS. The van der Waals surface area contributed by atoms with Crippen molar-refractivity contribution in [3.63, 3.8) is 0 Å². The van der Waals surface area contributed by atoms with Crippen molar-refractivity contribution in [1.82, 2.24) is 9.88 Å². The van der Waals surface area contributed by atoms with E-state index in [0.29, 0.717) is 5.75 Å². The summed E-state index contributed by atoms with van der Waals surface area (Å²) < 4.78 is 0. The van der Waals surface area contributed by atoms with Crippen molar-refractivity contribution in [1.29, 1.82) is 0 Å². The Morgan fingerprint density at radius 2 is 2.00 bits per heavy atom. The highest BCUT2D eigenvalue weighted by molar-refractivity contribution is 7.99. The number of rotatable bonds is 8. The first-order valence-electron chi connectivity index (χ1n) is 6.53. The zero-order valence-electron chi connectivity index (χ0n) is 11.3. The summed E-state index contributed by atoms with van der Waals surface area (Å²) >= 11 is 1.64. The number of hydrogen-bond acceptors (Lipinski definition) is 3. The van der Waals surface area contributed by atoms with Gasteiger partial charge in [-0.1, -0.05) is 19.9 Å². The lowest BCUT2D eigenvalue weighted by atomic mass is 10.3. The first-order chi connectivity index (χ1) is 8.77. The molecule has 1 aromatic rings. The zero-order chi connectivity index (χ0) is 13.2. The number of amides is 1. The maximum atomic E-state index is 12.0. The second-order valence-electron chi connectivity index (χ2n) is 4.19. The Balaban J connectivity index is 2.30. The molecule has 0 saturated heterocycles. The molecule has 100 valence electrons. The number of pyridine rings is 1. The Hall–Kier alpha value is -1.03. The summed E-state index contributed by atoms with van der Waals surface area (Å²) in [6.45, 7) is 5.96. The maximum Gasteiger partial charge on any atom is 0.232 e. The van der Waals surface area contributed by atoms with Crippen molar-refractivity contribution in [2.45, 2.75) is 32.4 Å². The normalized spacial score (nSPS) is 10.3. The number of carbonyl (C=O) groups excluding carboxylic acids is 1. The van der Waals surface area contributed by atoms with Gasteiger partial charge in [0.15, 0.2) is 0 Å². The molecule has 0 radical (unpaired) electrons. The number of aromatic nitrogens is 1. The van der Waals surface area contributed by atoms with E-state index in [0.717, 1.165) is 37.4 Å². The molecule has 0 bridgehead atoms. The van der Waals surface area contributed by atoms with Gasteiger partial charge in [0.1, 0.15) is 0 Å². The van der Waals surface area contributed by atoms with Gasteiger partial charge >= 0.3 is 0 Å². The maximum absolute atomic E-state index is 12.0. The van der Waals surface area contributed by atoms with Gasteiger partial charge in [0.05, 0.1) is 11.4 Å². The van der Waals surface area contributed by atoms with Crippen LogP contribution >= 0.6 is 11.8 Å². The van der Waals surface area contributed by atoms with Crippen LogP contribution in [-0.2, 0) is 10.5 Å². The number of hydrogen-bond donors (Lipinski definition) is 0. The van der Waals surface area contributed by atoms with Crippen LogP contribution in [0, 0.1) is 0 Å². The molecule has 0 unspecified atom stereocenters. The minimum absolute atomic E-state index is 0.250. The van der Waals surface area contributed by atoms with Gasteiger partial charge in [-0.15, -0.1) is 11.8 Å². The zero-order valence-corrected chi connectivity index (χ0v) is 12.1. The Kier molecular flexibility index (Phi) is 7.49. The molecule has 0 spiro atoms. The van der Waals surface area contributed by atoms with Gasteiger partial charge in [-0.25, -0.2) is 0 Å². The highest BCUT2D eigenvalue weighted by atomic mass is 32.2. The van der Waals surface area contributed by atoms with Gasteiger partial charge in [-0.05, 0) is 25.0 Å². The van der Waals surface area contributed by atoms with E-state index < -0.39 is 0 Å². The van der Waals surface area contributed by atoms with Crippen LogP contribution in [0.5, 0.6) is 0 Å². The Bertz CT molecular complexity index is 337. The predicted molar refractivity (Wildman–Crippen MR) is 77.6 cm³/mol. The number of nitrogens with zero attached hydrogens (tertiary/aromatic N) is 2. The van der Waals surface area contributed by atoms with Gasteiger partial charge in [-0.3, -0.25) is 9.78 Å². The molecule has 0 aromatic carbocycles. The van der Waals surface area contributed by atoms with Crippen LogP contribution in [0.4, 0.5) is 0 Å². The average molecular weight is 266 g/mol. The molecule has 3 nitrogen and oxygen atoms in total. The fraction of sp³-hybridized carbons (Fsp3) is 0.571. The third-order valence-electron chi connectivity index (χ3n) is 2.54. The van der Waals surface area contributed by atoms with Crippen LogP contribution < -0.4 is 0 Å². The number of thioether (sulfide) groups is 1. The highest BCUT2D eigenvalue weighted by Crippen LogP contribution is 2.10.